The monoisotopic (exact) mass is 237 g/mol. The Kier molecular flexibility index (Phi) is 4.08. The van der Waals surface area contributed by atoms with Gasteiger partial charge in [-0.05, 0) is 19.4 Å². The van der Waals surface area contributed by atoms with Crippen molar-refractivity contribution < 1.29 is 4.79 Å². The molecule has 1 fully saturated rings. The average molecular weight is 237 g/mol. The summed E-state index contributed by atoms with van der Waals surface area (Å²) >= 11 is 0. The Balaban J connectivity index is 1.77. The predicted octanol–water partition coefficient (Wildman–Crippen LogP) is -0.121. The molecule has 0 aromatic carbocycles. The molecule has 1 aromatic heterocycles. The maximum absolute atomic E-state index is 12.0. The van der Waals surface area contributed by atoms with Crippen molar-refractivity contribution in [1.82, 2.24) is 25.2 Å². The lowest BCUT2D eigenvalue weighted by Gasteiger charge is -2.16. The van der Waals surface area contributed by atoms with Crippen molar-refractivity contribution in [3.05, 3.63) is 12.4 Å². The first-order valence-electron chi connectivity index (χ1n) is 6.17. The molecule has 94 valence electrons. The van der Waals surface area contributed by atoms with E-state index in [1.54, 1.807) is 10.9 Å². The van der Waals surface area contributed by atoms with Crippen LogP contribution in [0.3, 0.4) is 0 Å². The van der Waals surface area contributed by atoms with Crippen LogP contribution >= 0.6 is 0 Å². The second kappa shape index (κ2) is 5.77. The molecule has 2 heterocycles. The van der Waals surface area contributed by atoms with Gasteiger partial charge in [-0.1, -0.05) is 12.1 Å². The summed E-state index contributed by atoms with van der Waals surface area (Å²) in [6.07, 6.45) is 5.43. The molecule has 0 saturated carbocycles. The molecule has 0 bridgehead atoms. The van der Waals surface area contributed by atoms with Gasteiger partial charge < -0.3 is 10.2 Å². The normalized spacial score (nSPS) is 20.2. The summed E-state index contributed by atoms with van der Waals surface area (Å²) in [7, 11) is 0. The highest BCUT2D eigenvalue weighted by atomic mass is 16.2. The molecule has 6 heteroatoms. The quantitative estimate of drug-likeness (QED) is 0.749. The lowest BCUT2D eigenvalue weighted by Crippen LogP contribution is -2.39. The van der Waals surface area contributed by atoms with E-state index in [4.69, 9.17) is 0 Å². The van der Waals surface area contributed by atoms with Gasteiger partial charge in [0.25, 0.3) is 0 Å². The molecule has 1 amide bonds. The van der Waals surface area contributed by atoms with Gasteiger partial charge in [0.05, 0.1) is 18.8 Å². The van der Waals surface area contributed by atoms with Crippen LogP contribution < -0.4 is 5.32 Å². The average Bonchev–Trinajstić information content (AvgIpc) is 2.95. The van der Waals surface area contributed by atoms with Crippen molar-refractivity contribution in [1.29, 1.82) is 0 Å². The number of hydrogen-bond acceptors (Lipinski definition) is 4. The van der Waals surface area contributed by atoms with Gasteiger partial charge in [-0.25, -0.2) is 0 Å². The fourth-order valence-corrected chi connectivity index (χ4v) is 2.04. The van der Waals surface area contributed by atoms with Crippen LogP contribution in [-0.2, 0) is 11.3 Å². The van der Waals surface area contributed by atoms with E-state index in [9.17, 15) is 4.79 Å². The zero-order chi connectivity index (χ0) is 12.1. The van der Waals surface area contributed by atoms with Gasteiger partial charge in [-0.2, -0.15) is 0 Å². The summed E-state index contributed by atoms with van der Waals surface area (Å²) in [6, 6.07) is 0.0192. The minimum Gasteiger partial charge on any atom is -0.339 e. The molecule has 1 aliphatic heterocycles. The fraction of sp³-hybridized carbons (Fsp3) is 0.727. The van der Waals surface area contributed by atoms with E-state index < -0.39 is 0 Å². The SMILES string of the molecule is CCCNC1CCN(CCn2ccnn2)C1=O. The van der Waals surface area contributed by atoms with Crippen LogP contribution in [0, 0.1) is 0 Å². The third kappa shape index (κ3) is 3.03. The number of nitrogens with one attached hydrogen (secondary N) is 1. The van der Waals surface area contributed by atoms with Crippen LogP contribution in [0.15, 0.2) is 12.4 Å². The summed E-state index contributed by atoms with van der Waals surface area (Å²) < 4.78 is 1.75. The second-order valence-corrected chi connectivity index (χ2v) is 4.29. The van der Waals surface area contributed by atoms with Crippen LogP contribution in [0.4, 0.5) is 0 Å². The summed E-state index contributed by atoms with van der Waals surface area (Å²) in [5.41, 5.74) is 0. The van der Waals surface area contributed by atoms with E-state index in [0.717, 1.165) is 25.9 Å². The molecule has 0 aliphatic carbocycles. The van der Waals surface area contributed by atoms with Gasteiger partial charge in [0.15, 0.2) is 0 Å². The lowest BCUT2D eigenvalue weighted by molar-refractivity contribution is -0.129. The summed E-state index contributed by atoms with van der Waals surface area (Å²) in [5, 5.41) is 10.9. The molecule has 1 unspecified atom stereocenters. The maximum Gasteiger partial charge on any atom is 0.239 e. The van der Waals surface area contributed by atoms with Crippen LogP contribution in [-0.4, -0.2) is 51.5 Å². The Morgan fingerprint density at radius 1 is 1.53 bits per heavy atom. The maximum atomic E-state index is 12.0. The minimum absolute atomic E-state index is 0.0192. The fourth-order valence-electron chi connectivity index (χ4n) is 2.04. The van der Waals surface area contributed by atoms with Crippen LogP contribution in [0.5, 0.6) is 0 Å². The molecule has 0 radical (unpaired) electrons. The largest absolute Gasteiger partial charge is 0.339 e. The standard InChI is InChI=1S/C11H19N5O/c1-2-4-12-10-3-6-15(11(10)17)8-9-16-7-5-13-14-16/h5,7,10,12H,2-4,6,8-9H2,1H3. The Labute approximate surface area is 101 Å². The first kappa shape index (κ1) is 12.0. The Morgan fingerprint density at radius 2 is 2.41 bits per heavy atom. The number of rotatable bonds is 6. The van der Waals surface area contributed by atoms with Gasteiger partial charge in [0.2, 0.25) is 5.91 Å². The van der Waals surface area contributed by atoms with Gasteiger partial charge >= 0.3 is 0 Å². The smallest absolute Gasteiger partial charge is 0.239 e. The molecule has 0 spiro atoms. The third-order valence-corrected chi connectivity index (χ3v) is 3.01. The predicted molar refractivity (Wildman–Crippen MR) is 63.3 cm³/mol. The third-order valence-electron chi connectivity index (χ3n) is 3.01. The first-order valence-corrected chi connectivity index (χ1v) is 6.17. The molecular weight excluding hydrogens is 218 g/mol. The molecule has 1 atom stereocenters. The van der Waals surface area contributed by atoms with Gasteiger partial charge in [0.1, 0.15) is 0 Å². The molecule has 1 saturated heterocycles. The van der Waals surface area contributed by atoms with E-state index in [-0.39, 0.29) is 11.9 Å². The van der Waals surface area contributed by atoms with Gasteiger partial charge in [-0.15, -0.1) is 5.10 Å². The van der Waals surface area contributed by atoms with E-state index in [2.05, 4.69) is 22.6 Å². The number of carbonyl (C=O) groups is 1. The minimum atomic E-state index is 0.0192. The van der Waals surface area contributed by atoms with Crippen molar-refractivity contribution in [2.45, 2.75) is 32.4 Å². The number of hydrogen-bond donors (Lipinski definition) is 1. The van der Waals surface area contributed by atoms with Crippen molar-refractivity contribution in [2.24, 2.45) is 0 Å². The number of nitrogens with zero attached hydrogens (tertiary/aromatic N) is 4. The number of amides is 1. The Morgan fingerprint density at radius 3 is 3.12 bits per heavy atom. The van der Waals surface area contributed by atoms with E-state index >= 15 is 0 Å². The molecule has 1 N–H and O–H groups in total. The summed E-state index contributed by atoms with van der Waals surface area (Å²) in [4.78, 5) is 13.9. The molecule has 1 aromatic rings. The summed E-state index contributed by atoms with van der Waals surface area (Å²) in [5.74, 6) is 0.221. The van der Waals surface area contributed by atoms with E-state index in [1.807, 2.05) is 11.1 Å². The Bertz CT molecular complexity index is 351. The molecule has 2 rings (SSSR count). The first-order chi connectivity index (χ1) is 8.31. The highest BCUT2D eigenvalue weighted by Gasteiger charge is 2.30. The lowest BCUT2D eigenvalue weighted by atomic mass is 10.2. The molecule has 6 nitrogen and oxygen atoms in total. The van der Waals surface area contributed by atoms with Crippen LogP contribution in [0.1, 0.15) is 19.8 Å². The van der Waals surface area contributed by atoms with Crippen molar-refractivity contribution in [3.63, 3.8) is 0 Å². The zero-order valence-electron chi connectivity index (χ0n) is 10.2. The number of aromatic nitrogens is 3. The molecule has 17 heavy (non-hydrogen) atoms. The zero-order valence-corrected chi connectivity index (χ0v) is 10.2. The van der Waals surface area contributed by atoms with Gasteiger partial charge in [0, 0.05) is 19.3 Å². The van der Waals surface area contributed by atoms with Crippen molar-refractivity contribution in [3.8, 4) is 0 Å². The van der Waals surface area contributed by atoms with E-state index in [0.29, 0.717) is 13.1 Å². The van der Waals surface area contributed by atoms with E-state index in [1.165, 1.54) is 0 Å². The van der Waals surface area contributed by atoms with Crippen molar-refractivity contribution >= 4 is 5.91 Å². The van der Waals surface area contributed by atoms with Crippen LogP contribution in [0.2, 0.25) is 0 Å². The number of likely N-dealkylation sites (tertiary alicyclic amines) is 1. The van der Waals surface area contributed by atoms with Gasteiger partial charge in [-0.3, -0.25) is 9.48 Å². The van der Waals surface area contributed by atoms with Crippen molar-refractivity contribution in [2.75, 3.05) is 19.6 Å². The molecular formula is C11H19N5O. The molecule has 1 aliphatic rings. The highest BCUT2D eigenvalue weighted by molar-refractivity contribution is 5.83. The summed E-state index contributed by atoms with van der Waals surface area (Å²) in [6.45, 7) is 5.29. The number of carbonyl (C=O) groups excluding carboxylic acids is 1. The second-order valence-electron chi connectivity index (χ2n) is 4.29. The highest BCUT2D eigenvalue weighted by Crippen LogP contribution is 2.10. The Hall–Kier alpha value is -1.43. The topological polar surface area (TPSA) is 63.1 Å². The van der Waals surface area contributed by atoms with Crippen LogP contribution in [0.25, 0.3) is 0 Å².